The van der Waals surface area contributed by atoms with Crippen molar-refractivity contribution >= 4 is 11.8 Å². The molecular formula is C14H19N3O2. The van der Waals surface area contributed by atoms with Crippen molar-refractivity contribution in [3.63, 3.8) is 0 Å². The van der Waals surface area contributed by atoms with Crippen LogP contribution in [0.2, 0.25) is 0 Å². The first kappa shape index (κ1) is 12.5. The summed E-state index contributed by atoms with van der Waals surface area (Å²) in [6.07, 6.45) is 4.91. The molecule has 0 aromatic heterocycles. The van der Waals surface area contributed by atoms with Gasteiger partial charge in [-0.15, -0.1) is 0 Å². The van der Waals surface area contributed by atoms with Crippen molar-refractivity contribution in [2.75, 3.05) is 6.54 Å². The highest BCUT2D eigenvalue weighted by atomic mass is 16.2. The number of nitrogens with one attached hydrogen (secondary N) is 1. The van der Waals surface area contributed by atoms with Gasteiger partial charge >= 0.3 is 0 Å². The van der Waals surface area contributed by atoms with Gasteiger partial charge in [0.05, 0.1) is 6.07 Å². The maximum Gasteiger partial charge on any atom is 0.244 e. The van der Waals surface area contributed by atoms with Crippen LogP contribution in [0.3, 0.4) is 0 Å². The van der Waals surface area contributed by atoms with Crippen LogP contribution in [0, 0.1) is 16.7 Å². The molecule has 3 aliphatic rings. The number of nitrogens with zero attached hydrogens (tertiary/aromatic N) is 2. The quantitative estimate of drug-likeness (QED) is 0.822. The van der Waals surface area contributed by atoms with Gasteiger partial charge in [-0.1, -0.05) is 6.92 Å². The minimum atomic E-state index is -0.641. The van der Waals surface area contributed by atoms with E-state index in [1.807, 2.05) is 6.92 Å². The molecule has 1 atom stereocenters. The van der Waals surface area contributed by atoms with Gasteiger partial charge in [-0.05, 0) is 38.5 Å². The Morgan fingerprint density at radius 1 is 1.32 bits per heavy atom. The highest BCUT2D eigenvalue weighted by molar-refractivity contribution is 5.92. The predicted molar refractivity (Wildman–Crippen MR) is 67.8 cm³/mol. The zero-order valence-corrected chi connectivity index (χ0v) is 11.2. The van der Waals surface area contributed by atoms with Crippen LogP contribution in [0.1, 0.15) is 45.4 Å². The van der Waals surface area contributed by atoms with E-state index in [1.54, 1.807) is 4.90 Å². The van der Waals surface area contributed by atoms with Crippen LogP contribution in [-0.2, 0) is 9.59 Å². The molecule has 0 bridgehead atoms. The third kappa shape index (κ3) is 2.09. The number of amides is 2. The fourth-order valence-corrected chi connectivity index (χ4v) is 2.74. The molecule has 0 aromatic rings. The van der Waals surface area contributed by atoms with E-state index >= 15 is 0 Å². The lowest BCUT2D eigenvalue weighted by Crippen LogP contribution is -2.50. The second-order valence-corrected chi connectivity index (χ2v) is 6.40. The van der Waals surface area contributed by atoms with Gasteiger partial charge in [-0.25, -0.2) is 0 Å². The number of nitriles is 1. The molecule has 0 aromatic carbocycles. The molecular weight excluding hydrogens is 242 g/mol. The Bertz CT molecular complexity index is 472. The Hall–Kier alpha value is -1.57. The summed E-state index contributed by atoms with van der Waals surface area (Å²) in [6, 6.07) is 1.79. The summed E-state index contributed by atoms with van der Waals surface area (Å²) in [4.78, 5) is 26.4. The molecule has 1 aliphatic heterocycles. The number of rotatable bonds is 3. The summed E-state index contributed by atoms with van der Waals surface area (Å²) < 4.78 is 0. The van der Waals surface area contributed by atoms with E-state index in [0.29, 0.717) is 6.54 Å². The van der Waals surface area contributed by atoms with E-state index in [-0.39, 0.29) is 23.3 Å². The van der Waals surface area contributed by atoms with Crippen LogP contribution in [0.5, 0.6) is 0 Å². The van der Waals surface area contributed by atoms with E-state index in [4.69, 9.17) is 5.26 Å². The van der Waals surface area contributed by atoms with Gasteiger partial charge in [0.1, 0.15) is 11.6 Å². The summed E-state index contributed by atoms with van der Waals surface area (Å²) in [6.45, 7) is 2.65. The second-order valence-electron chi connectivity index (χ2n) is 6.40. The number of hydrogen-bond donors (Lipinski definition) is 1. The Morgan fingerprint density at radius 2 is 2.00 bits per heavy atom. The molecule has 3 rings (SSSR count). The fraction of sp³-hybridized carbons (Fsp3) is 0.786. The molecule has 5 nitrogen and oxygen atoms in total. The zero-order valence-electron chi connectivity index (χ0n) is 11.2. The van der Waals surface area contributed by atoms with Crippen LogP contribution in [0.15, 0.2) is 0 Å². The molecule has 2 amide bonds. The molecule has 0 radical (unpaired) electrons. The molecule has 5 heteroatoms. The van der Waals surface area contributed by atoms with Crippen LogP contribution < -0.4 is 5.32 Å². The van der Waals surface area contributed by atoms with Crippen molar-refractivity contribution in [3.05, 3.63) is 0 Å². The third-order valence-electron chi connectivity index (χ3n) is 4.66. The minimum absolute atomic E-state index is 0.118. The smallest absolute Gasteiger partial charge is 0.244 e. The Kier molecular flexibility index (Phi) is 2.60. The van der Waals surface area contributed by atoms with E-state index in [9.17, 15) is 9.59 Å². The largest absolute Gasteiger partial charge is 0.336 e. The third-order valence-corrected chi connectivity index (χ3v) is 4.66. The van der Waals surface area contributed by atoms with E-state index < -0.39 is 5.54 Å². The van der Waals surface area contributed by atoms with Crippen LogP contribution >= 0.6 is 0 Å². The monoisotopic (exact) mass is 261 g/mol. The standard InChI is InChI=1S/C14H19N3O2/c1-13(4-5-13)12(19)17-8-2-3-10(17)11(18)16-14(9-15)6-7-14/h10H,2-8H2,1H3,(H,16,18). The van der Waals surface area contributed by atoms with Crippen molar-refractivity contribution in [1.29, 1.82) is 5.26 Å². The maximum atomic E-state index is 12.4. The van der Waals surface area contributed by atoms with Crippen LogP contribution in [-0.4, -0.2) is 34.8 Å². The van der Waals surface area contributed by atoms with E-state index in [0.717, 1.165) is 38.5 Å². The van der Waals surface area contributed by atoms with Gasteiger partial charge < -0.3 is 10.2 Å². The first-order valence-electron chi connectivity index (χ1n) is 7.04. The highest BCUT2D eigenvalue weighted by Crippen LogP contribution is 2.47. The Morgan fingerprint density at radius 3 is 2.53 bits per heavy atom. The van der Waals surface area contributed by atoms with Crippen LogP contribution in [0.25, 0.3) is 0 Å². The second kappa shape index (κ2) is 3.96. The lowest BCUT2D eigenvalue weighted by Gasteiger charge is -2.27. The normalized spacial score (nSPS) is 29.5. The first-order chi connectivity index (χ1) is 9.00. The fourth-order valence-electron chi connectivity index (χ4n) is 2.74. The van der Waals surface area contributed by atoms with Crippen molar-refractivity contribution in [2.24, 2.45) is 5.41 Å². The van der Waals surface area contributed by atoms with Crippen molar-refractivity contribution in [3.8, 4) is 6.07 Å². The molecule has 102 valence electrons. The average Bonchev–Trinajstić information content (AvgIpc) is 3.28. The molecule has 0 spiro atoms. The number of hydrogen-bond acceptors (Lipinski definition) is 3. The number of carbonyl (C=O) groups is 2. The summed E-state index contributed by atoms with van der Waals surface area (Å²) in [5.74, 6) is -0.0268. The van der Waals surface area contributed by atoms with Gasteiger partial charge in [-0.3, -0.25) is 9.59 Å². The predicted octanol–water partition coefficient (Wildman–Crippen LogP) is 0.950. The SMILES string of the molecule is CC1(C(=O)N2CCCC2C(=O)NC2(C#N)CC2)CC1. The summed E-state index contributed by atoms with van der Waals surface area (Å²) in [7, 11) is 0. The van der Waals surface area contributed by atoms with Crippen molar-refractivity contribution in [1.82, 2.24) is 10.2 Å². The van der Waals surface area contributed by atoms with E-state index in [1.165, 1.54) is 0 Å². The Balaban J connectivity index is 1.68. The number of likely N-dealkylation sites (tertiary alicyclic amines) is 1. The molecule has 1 unspecified atom stereocenters. The lowest BCUT2D eigenvalue weighted by atomic mass is 10.1. The van der Waals surface area contributed by atoms with Gasteiger partial charge in [0.2, 0.25) is 11.8 Å². The van der Waals surface area contributed by atoms with Crippen molar-refractivity contribution in [2.45, 2.75) is 57.0 Å². The molecule has 1 heterocycles. The van der Waals surface area contributed by atoms with Gasteiger partial charge in [0, 0.05) is 12.0 Å². The van der Waals surface area contributed by atoms with Crippen molar-refractivity contribution < 1.29 is 9.59 Å². The van der Waals surface area contributed by atoms with E-state index in [2.05, 4.69) is 11.4 Å². The molecule has 1 N–H and O–H groups in total. The topological polar surface area (TPSA) is 73.2 Å². The molecule has 19 heavy (non-hydrogen) atoms. The summed E-state index contributed by atoms with van der Waals surface area (Å²) >= 11 is 0. The van der Waals surface area contributed by atoms with Gasteiger partial charge in [-0.2, -0.15) is 5.26 Å². The average molecular weight is 261 g/mol. The Labute approximate surface area is 112 Å². The van der Waals surface area contributed by atoms with Gasteiger partial charge in [0.25, 0.3) is 0 Å². The molecule has 1 saturated heterocycles. The number of carbonyl (C=O) groups excluding carboxylic acids is 2. The lowest BCUT2D eigenvalue weighted by molar-refractivity contribution is -0.142. The molecule has 2 aliphatic carbocycles. The molecule has 3 fully saturated rings. The molecule has 2 saturated carbocycles. The highest BCUT2D eigenvalue weighted by Gasteiger charge is 2.51. The zero-order chi connectivity index (χ0) is 13.7. The van der Waals surface area contributed by atoms with Gasteiger partial charge in [0.15, 0.2) is 0 Å². The summed E-state index contributed by atoms with van der Waals surface area (Å²) in [5.41, 5.74) is -0.868. The maximum absolute atomic E-state index is 12.4. The van der Waals surface area contributed by atoms with Crippen LogP contribution in [0.4, 0.5) is 0 Å². The minimum Gasteiger partial charge on any atom is -0.336 e. The summed E-state index contributed by atoms with van der Waals surface area (Å²) in [5, 5.41) is 11.8. The first-order valence-corrected chi connectivity index (χ1v) is 7.04.